The van der Waals surface area contributed by atoms with Crippen molar-refractivity contribution >= 4 is 17.7 Å². The molecule has 0 unspecified atom stereocenters. The summed E-state index contributed by atoms with van der Waals surface area (Å²) < 4.78 is 0. The van der Waals surface area contributed by atoms with Gasteiger partial charge in [-0.2, -0.15) is 0 Å². The van der Waals surface area contributed by atoms with E-state index in [1.165, 1.54) is 14.0 Å². The van der Waals surface area contributed by atoms with Gasteiger partial charge in [-0.15, -0.1) is 0 Å². The maximum atomic E-state index is 10.9. The monoisotopic (exact) mass is 203 g/mol. The van der Waals surface area contributed by atoms with Crippen molar-refractivity contribution in [3.05, 3.63) is 0 Å². The quantitative estimate of drug-likeness (QED) is 0.447. The number of hydrogen-bond donors (Lipinski definition) is 3. The molecule has 0 aromatic carbocycles. The molecule has 0 aromatic rings. The van der Waals surface area contributed by atoms with E-state index in [0.717, 1.165) is 0 Å². The van der Waals surface area contributed by atoms with Gasteiger partial charge < -0.3 is 10.6 Å². The van der Waals surface area contributed by atoms with E-state index in [-0.39, 0.29) is 19.0 Å². The molecule has 0 radical (unpaired) electrons. The van der Waals surface area contributed by atoms with Crippen LogP contribution in [0.2, 0.25) is 0 Å². The molecule has 0 rings (SSSR count). The van der Waals surface area contributed by atoms with Gasteiger partial charge in [0.2, 0.25) is 11.8 Å². The van der Waals surface area contributed by atoms with E-state index in [4.69, 9.17) is 0 Å². The molecule has 3 N–H and O–H groups in total. The van der Waals surface area contributed by atoms with Crippen LogP contribution in [0.4, 0.5) is 0 Å². The molecule has 7 heteroatoms. The molecule has 0 aromatic heterocycles. The molecular formula is C7H13N3O4. The average Bonchev–Trinajstić information content (AvgIpc) is 2.12. The Morgan fingerprint density at radius 1 is 1.07 bits per heavy atom. The van der Waals surface area contributed by atoms with Gasteiger partial charge in [0.1, 0.15) is 0 Å². The zero-order valence-electron chi connectivity index (χ0n) is 8.05. The number of rotatable bonds is 5. The van der Waals surface area contributed by atoms with Gasteiger partial charge in [0.15, 0.2) is 0 Å². The van der Waals surface area contributed by atoms with Gasteiger partial charge >= 0.3 is 0 Å². The second-order valence-electron chi connectivity index (χ2n) is 2.42. The highest BCUT2D eigenvalue weighted by Gasteiger charge is 2.04. The Bertz CT molecular complexity index is 229. The number of nitrogens with one attached hydrogen (secondary N) is 3. The van der Waals surface area contributed by atoms with Crippen LogP contribution in [-0.4, -0.2) is 37.9 Å². The van der Waals surface area contributed by atoms with Crippen molar-refractivity contribution in [1.29, 1.82) is 0 Å². The van der Waals surface area contributed by atoms with Gasteiger partial charge in [-0.3, -0.25) is 19.2 Å². The number of carbonyl (C=O) groups is 3. The Labute approximate surface area is 81.1 Å². The molecule has 0 spiro atoms. The zero-order valence-corrected chi connectivity index (χ0v) is 8.05. The lowest BCUT2D eigenvalue weighted by molar-refractivity contribution is -0.132. The van der Waals surface area contributed by atoms with Crippen LogP contribution in [0, 0.1) is 0 Å². The van der Waals surface area contributed by atoms with E-state index in [2.05, 4.69) is 15.5 Å². The maximum Gasteiger partial charge on any atom is 0.262 e. The third kappa shape index (κ3) is 7.04. The van der Waals surface area contributed by atoms with Crippen LogP contribution in [0.15, 0.2) is 0 Å². The largest absolute Gasteiger partial charge is 0.347 e. The molecule has 7 nitrogen and oxygen atoms in total. The first-order chi connectivity index (χ1) is 6.56. The second kappa shape index (κ2) is 6.84. The molecule has 0 atom stereocenters. The first-order valence-corrected chi connectivity index (χ1v) is 3.89. The normalized spacial score (nSPS) is 9.00. The first kappa shape index (κ1) is 12.4. The zero-order chi connectivity index (χ0) is 11.0. The second-order valence-corrected chi connectivity index (χ2v) is 2.42. The maximum absolute atomic E-state index is 10.9. The molecule has 14 heavy (non-hydrogen) atoms. The fraction of sp³-hybridized carbons (Fsp3) is 0.571. The van der Waals surface area contributed by atoms with Crippen molar-refractivity contribution in [1.82, 2.24) is 16.1 Å². The van der Waals surface area contributed by atoms with E-state index >= 15 is 0 Å². The summed E-state index contributed by atoms with van der Waals surface area (Å²) >= 11 is 0. The minimum Gasteiger partial charge on any atom is -0.347 e. The predicted molar refractivity (Wildman–Crippen MR) is 46.8 cm³/mol. The topological polar surface area (TPSA) is 96.5 Å². The summed E-state index contributed by atoms with van der Waals surface area (Å²) in [6.07, 6.45) is 0. The smallest absolute Gasteiger partial charge is 0.262 e. The molecule has 3 amide bonds. The van der Waals surface area contributed by atoms with Crippen molar-refractivity contribution in [2.24, 2.45) is 0 Å². The standard InChI is InChI=1S/C7H13N3O4/c1-5(11)8-3-6(12)9-4-7(13)10-14-2/h3-4H2,1-2H3,(H,8,11)(H,9,12)(H,10,13). The van der Waals surface area contributed by atoms with E-state index in [1.807, 2.05) is 5.48 Å². The molecule has 0 aliphatic carbocycles. The molecular weight excluding hydrogens is 190 g/mol. The highest BCUT2D eigenvalue weighted by Crippen LogP contribution is 1.67. The molecule has 0 aliphatic rings. The minimum absolute atomic E-state index is 0.143. The molecule has 0 aliphatic heterocycles. The molecule has 0 saturated carbocycles. The third-order valence-electron chi connectivity index (χ3n) is 1.16. The summed E-state index contributed by atoms with van der Waals surface area (Å²) in [5.74, 6) is -1.21. The van der Waals surface area contributed by atoms with E-state index in [0.29, 0.717) is 0 Å². The Kier molecular flexibility index (Phi) is 6.04. The summed E-state index contributed by atoms with van der Waals surface area (Å²) in [6.45, 7) is 0.965. The van der Waals surface area contributed by atoms with Crippen LogP contribution < -0.4 is 16.1 Å². The molecule has 80 valence electrons. The van der Waals surface area contributed by atoms with Crippen molar-refractivity contribution in [3.63, 3.8) is 0 Å². The molecule has 0 saturated heterocycles. The number of hydrogen-bond acceptors (Lipinski definition) is 4. The Hall–Kier alpha value is -1.63. The summed E-state index contributed by atoms with van der Waals surface area (Å²) in [7, 11) is 1.29. The Morgan fingerprint density at radius 2 is 1.64 bits per heavy atom. The fourth-order valence-corrected chi connectivity index (χ4v) is 0.596. The minimum atomic E-state index is -0.469. The summed E-state index contributed by atoms with van der Waals surface area (Å²) in [6, 6.07) is 0. The highest BCUT2D eigenvalue weighted by molar-refractivity contribution is 5.87. The number of hydroxylamine groups is 1. The summed E-state index contributed by atoms with van der Waals surface area (Å²) in [5.41, 5.74) is 2.02. The Balaban J connectivity index is 3.53. The van der Waals surface area contributed by atoms with Crippen LogP contribution in [0.3, 0.4) is 0 Å². The van der Waals surface area contributed by atoms with Crippen LogP contribution in [-0.2, 0) is 19.2 Å². The molecule has 0 fully saturated rings. The van der Waals surface area contributed by atoms with Crippen molar-refractivity contribution < 1.29 is 19.2 Å². The van der Waals surface area contributed by atoms with Gasteiger partial charge in [0.25, 0.3) is 5.91 Å². The lowest BCUT2D eigenvalue weighted by atomic mass is 10.5. The first-order valence-electron chi connectivity index (χ1n) is 3.89. The highest BCUT2D eigenvalue weighted by atomic mass is 16.6. The van der Waals surface area contributed by atoms with Crippen LogP contribution in [0.5, 0.6) is 0 Å². The van der Waals surface area contributed by atoms with Crippen molar-refractivity contribution in [2.45, 2.75) is 6.92 Å². The van der Waals surface area contributed by atoms with Gasteiger partial charge in [-0.1, -0.05) is 0 Å². The van der Waals surface area contributed by atoms with E-state index in [9.17, 15) is 14.4 Å². The third-order valence-corrected chi connectivity index (χ3v) is 1.16. The van der Waals surface area contributed by atoms with Gasteiger partial charge in [-0.25, -0.2) is 5.48 Å². The average molecular weight is 203 g/mol. The lowest BCUT2D eigenvalue weighted by Gasteiger charge is -2.04. The van der Waals surface area contributed by atoms with E-state index < -0.39 is 11.8 Å². The summed E-state index contributed by atoms with van der Waals surface area (Å²) in [5, 5.41) is 4.56. The van der Waals surface area contributed by atoms with Gasteiger partial charge in [-0.05, 0) is 0 Å². The molecule has 0 bridgehead atoms. The van der Waals surface area contributed by atoms with Crippen molar-refractivity contribution in [2.75, 3.05) is 20.2 Å². The molecule has 0 heterocycles. The van der Waals surface area contributed by atoms with Gasteiger partial charge in [0, 0.05) is 6.92 Å². The SMILES string of the molecule is CONC(=O)CNC(=O)CNC(C)=O. The van der Waals surface area contributed by atoms with Crippen LogP contribution >= 0.6 is 0 Å². The van der Waals surface area contributed by atoms with Crippen molar-refractivity contribution in [3.8, 4) is 0 Å². The lowest BCUT2D eigenvalue weighted by Crippen LogP contribution is -2.41. The fourth-order valence-electron chi connectivity index (χ4n) is 0.596. The van der Waals surface area contributed by atoms with Crippen LogP contribution in [0.25, 0.3) is 0 Å². The van der Waals surface area contributed by atoms with E-state index in [1.54, 1.807) is 0 Å². The predicted octanol–water partition coefficient (Wildman–Crippen LogP) is -2.08. The number of amides is 3. The Morgan fingerprint density at radius 3 is 2.14 bits per heavy atom. The van der Waals surface area contributed by atoms with Gasteiger partial charge in [0.05, 0.1) is 20.2 Å². The summed E-state index contributed by atoms with van der Waals surface area (Å²) in [4.78, 5) is 36.4. The number of carbonyl (C=O) groups excluding carboxylic acids is 3. The van der Waals surface area contributed by atoms with Crippen LogP contribution in [0.1, 0.15) is 6.92 Å².